The van der Waals surface area contributed by atoms with Crippen LogP contribution in [-0.4, -0.2) is 12.6 Å². The van der Waals surface area contributed by atoms with Gasteiger partial charge in [-0.15, -0.1) is 0 Å². The molecule has 2 heteroatoms. The van der Waals surface area contributed by atoms with Gasteiger partial charge in [0.25, 0.3) is 0 Å². The van der Waals surface area contributed by atoms with Gasteiger partial charge in [0, 0.05) is 12.5 Å². The number of hydrogen-bond donors (Lipinski definition) is 1. The van der Waals surface area contributed by atoms with Crippen LogP contribution in [-0.2, 0) is 12.8 Å². The highest BCUT2D eigenvalue weighted by Crippen LogP contribution is 2.31. The summed E-state index contributed by atoms with van der Waals surface area (Å²) in [6.45, 7) is 0.847. The first-order chi connectivity index (χ1) is 8.81. The molecule has 1 aromatic rings. The second kappa shape index (κ2) is 5.31. The van der Waals surface area contributed by atoms with Gasteiger partial charge in [-0.1, -0.05) is 31.4 Å². The second-order valence-electron chi connectivity index (χ2n) is 5.87. The summed E-state index contributed by atoms with van der Waals surface area (Å²) >= 11 is 0. The average molecular weight is 245 g/mol. The molecule has 2 N–H and O–H groups in total. The zero-order valence-corrected chi connectivity index (χ0v) is 11.0. The molecule has 2 nitrogen and oxygen atoms in total. The first-order valence-corrected chi connectivity index (χ1v) is 7.31. The van der Waals surface area contributed by atoms with Crippen LogP contribution in [0.5, 0.6) is 5.75 Å². The Balaban J connectivity index is 1.50. The van der Waals surface area contributed by atoms with Crippen LogP contribution < -0.4 is 10.5 Å². The molecule has 3 rings (SSSR count). The SMILES string of the molecule is NC(CCc1ccc2c(c1)CCO2)CC1CCC1. The van der Waals surface area contributed by atoms with Crippen molar-refractivity contribution in [1.82, 2.24) is 0 Å². The number of aryl methyl sites for hydroxylation is 1. The number of nitrogens with two attached hydrogens (primary N) is 1. The fraction of sp³-hybridized carbons (Fsp3) is 0.625. The largest absolute Gasteiger partial charge is 0.493 e. The second-order valence-corrected chi connectivity index (χ2v) is 5.87. The van der Waals surface area contributed by atoms with E-state index in [4.69, 9.17) is 10.5 Å². The van der Waals surface area contributed by atoms with Crippen LogP contribution >= 0.6 is 0 Å². The van der Waals surface area contributed by atoms with E-state index in [-0.39, 0.29) is 0 Å². The molecule has 18 heavy (non-hydrogen) atoms. The molecule has 1 unspecified atom stereocenters. The van der Waals surface area contributed by atoms with Crippen molar-refractivity contribution < 1.29 is 4.74 Å². The van der Waals surface area contributed by atoms with E-state index in [0.717, 1.165) is 37.5 Å². The third kappa shape index (κ3) is 2.69. The summed E-state index contributed by atoms with van der Waals surface area (Å²) < 4.78 is 5.53. The molecular weight excluding hydrogens is 222 g/mol. The Morgan fingerprint density at radius 3 is 3.00 bits per heavy atom. The van der Waals surface area contributed by atoms with E-state index in [1.807, 2.05) is 0 Å². The van der Waals surface area contributed by atoms with Crippen LogP contribution in [0.25, 0.3) is 0 Å². The smallest absolute Gasteiger partial charge is 0.122 e. The number of hydrogen-bond acceptors (Lipinski definition) is 2. The summed E-state index contributed by atoms with van der Waals surface area (Å²) in [5.41, 5.74) is 9.01. The summed E-state index contributed by atoms with van der Waals surface area (Å²) in [5, 5.41) is 0. The predicted octanol–water partition coefficient (Wildman–Crippen LogP) is 3.07. The average Bonchev–Trinajstić information content (AvgIpc) is 2.78. The van der Waals surface area contributed by atoms with Crippen molar-refractivity contribution >= 4 is 0 Å². The van der Waals surface area contributed by atoms with Crippen molar-refractivity contribution in [2.24, 2.45) is 11.7 Å². The summed E-state index contributed by atoms with van der Waals surface area (Å²) in [4.78, 5) is 0. The maximum absolute atomic E-state index is 6.22. The van der Waals surface area contributed by atoms with E-state index in [9.17, 15) is 0 Å². The summed E-state index contributed by atoms with van der Waals surface area (Å²) in [7, 11) is 0. The highest BCUT2D eigenvalue weighted by molar-refractivity contribution is 5.39. The van der Waals surface area contributed by atoms with E-state index < -0.39 is 0 Å². The van der Waals surface area contributed by atoms with Gasteiger partial charge in [-0.25, -0.2) is 0 Å². The van der Waals surface area contributed by atoms with E-state index in [2.05, 4.69) is 18.2 Å². The first kappa shape index (κ1) is 12.0. The molecule has 0 radical (unpaired) electrons. The lowest BCUT2D eigenvalue weighted by atomic mass is 9.80. The Morgan fingerprint density at radius 2 is 2.22 bits per heavy atom. The third-order valence-electron chi connectivity index (χ3n) is 4.42. The molecule has 1 saturated carbocycles. The lowest BCUT2D eigenvalue weighted by molar-refractivity contribution is 0.272. The Kier molecular flexibility index (Phi) is 3.55. The van der Waals surface area contributed by atoms with Gasteiger partial charge < -0.3 is 10.5 Å². The molecule has 1 aromatic carbocycles. The number of fused-ring (bicyclic) bond motifs is 1. The zero-order chi connectivity index (χ0) is 12.4. The molecule has 98 valence electrons. The molecule has 1 aliphatic carbocycles. The Bertz CT molecular complexity index is 412. The van der Waals surface area contributed by atoms with Crippen LogP contribution in [0.4, 0.5) is 0 Å². The van der Waals surface area contributed by atoms with Crippen molar-refractivity contribution in [1.29, 1.82) is 0 Å². The van der Waals surface area contributed by atoms with Gasteiger partial charge in [0.05, 0.1) is 6.61 Å². The van der Waals surface area contributed by atoms with E-state index in [1.54, 1.807) is 0 Å². The predicted molar refractivity (Wildman–Crippen MR) is 73.9 cm³/mol. The van der Waals surface area contributed by atoms with E-state index in [1.165, 1.54) is 36.8 Å². The van der Waals surface area contributed by atoms with Crippen molar-refractivity contribution in [3.05, 3.63) is 29.3 Å². The number of rotatable bonds is 5. The van der Waals surface area contributed by atoms with Crippen LogP contribution in [0.1, 0.15) is 43.2 Å². The molecule has 0 amide bonds. The minimum atomic E-state index is 0.389. The van der Waals surface area contributed by atoms with Crippen LogP contribution in [0.15, 0.2) is 18.2 Å². The van der Waals surface area contributed by atoms with E-state index >= 15 is 0 Å². The minimum Gasteiger partial charge on any atom is -0.493 e. The lowest BCUT2D eigenvalue weighted by Gasteiger charge is -2.28. The van der Waals surface area contributed by atoms with Crippen molar-refractivity contribution in [3.8, 4) is 5.75 Å². The topological polar surface area (TPSA) is 35.2 Å². The van der Waals surface area contributed by atoms with Crippen LogP contribution in [0.2, 0.25) is 0 Å². The Labute approximate surface area is 110 Å². The standard InChI is InChI=1S/C16H23NO/c17-15(11-12-2-1-3-12)6-4-13-5-7-16-14(10-13)8-9-18-16/h5,7,10,12,15H,1-4,6,8-9,11,17H2. The normalized spacial score (nSPS) is 20.1. The molecule has 1 fully saturated rings. The number of ether oxygens (including phenoxy) is 1. The van der Waals surface area contributed by atoms with Gasteiger partial charge in [0.1, 0.15) is 5.75 Å². The maximum Gasteiger partial charge on any atom is 0.122 e. The van der Waals surface area contributed by atoms with Gasteiger partial charge in [-0.05, 0) is 42.4 Å². The van der Waals surface area contributed by atoms with Gasteiger partial charge in [-0.2, -0.15) is 0 Å². The quantitative estimate of drug-likeness (QED) is 0.865. The monoisotopic (exact) mass is 245 g/mol. The number of benzene rings is 1. The van der Waals surface area contributed by atoms with Crippen molar-refractivity contribution in [3.63, 3.8) is 0 Å². The molecule has 0 spiro atoms. The molecule has 1 atom stereocenters. The van der Waals surface area contributed by atoms with Gasteiger partial charge >= 0.3 is 0 Å². The first-order valence-electron chi connectivity index (χ1n) is 7.31. The summed E-state index contributed by atoms with van der Waals surface area (Å²) in [6, 6.07) is 7.01. The Hall–Kier alpha value is -1.02. The third-order valence-corrected chi connectivity index (χ3v) is 4.42. The van der Waals surface area contributed by atoms with Crippen molar-refractivity contribution in [2.75, 3.05) is 6.61 Å². The van der Waals surface area contributed by atoms with Gasteiger partial charge in [0.15, 0.2) is 0 Å². The van der Waals surface area contributed by atoms with E-state index in [0.29, 0.717) is 6.04 Å². The molecular formula is C16H23NO. The molecule has 2 aliphatic rings. The van der Waals surface area contributed by atoms with Gasteiger partial charge in [-0.3, -0.25) is 0 Å². The fourth-order valence-electron chi connectivity index (χ4n) is 3.02. The van der Waals surface area contributed by atoms with Crippen LogP contribution in [0, 0.1) is 5.92 Å². The Morgan fingerprint density at radius 1 is 1.33 bits per heavy atom. The lowest BCUT2D eigenvalue weighted by Crippen LogP contribution is -2.27. The van der Waals surface area contributed by atoms with Crippen molar-refractivity contribution in [2.45, 2.75) is 51.0 Å². The fourth-order valence-corrected chi connectivity index (χ4v) is 3.02. The highest BCUT2D eigenvalue weighted by Gasteiger charge is 2.20. The van der Waals surface area contributed by atoms with Crippen LogP contribution in [0.3, 0.4) is 0 Å². The molecule has 0 aromatic heterocycles. The molecule has 0 saturated heterocycles. The molecule has 1 aliphatic heterocycles. The molecule has 1 heterocycles. The summed E-state index contributed by atoms with van der Waals surface area (Å²) in [6.07, 6.45) is 8.76. The zero-order valence-electron chi connectivity index (χ0n) is 11.0. The maximum atomic E-state index is 6.22. The minimum absolute atomic E-state index is 0.389. The van der Waals surface area contributed by atoms with Gasteiger partial charge in [0.2, 0.25) is 0 Å². The summed E-state index contributed by atoms with van der Waals surface area (Å²) in [5.74, 6) is 2.01. The highest BCUT2D eigenvalue weighted by atomic mass is 16.5. The molecule has 0 bridgehead atoms.